The summed E-state index contributed by atoms with van der Waals surface area (Å²) in [7, 11) is 0. The van der Waals surface area contributed by atoms with Crippen LogP contribution in [0.1, 0.15) is 11.1 Å². The van der Waals surface area contributed by atoms with Crippen LogP contribution in [0.2, 0.25) is 0 Å². The highest BCUT2D eigenvalue weighted by Crippen LogP contribution is 2.34. The first kappa shape index (κ1) is 24.8. The molecule has 0 spiro atoms. The molecule has 4 aromatic rings. The van der Waals surface area contributed by atoms with Gasteiger partial charge < -0.3 is 28.1 Å². The second-order valence-corrected chi connectivity index (χ2v) is 8.26. The first-order chi connectivity index (χ1) is 18.6. The van der Waals surface area contributed by atoms with Gasteiger partial charge in [0.2, 0.25) is 0 Å². The number of benzene rings is 3. The Morgan fingerprint density at radius 3 is 2.00 bits per heavy atom. The van der Waals surface area contributed by atoms with E-state index in [2.05, 4.69) is 0 Å². The fourth-order valence-corrected chi connectivity index (χ4v) is 3.91. The molecule has 1 aliphatic heterocycles. The monoisotopic (exact) mass is 510 g/mol. The predicted octanol–water partition coefficient (Wildman–Crippen LogP) is 4.80. The lowest BCUT2D eigenvalue weighted by molar-refractivity contribution is 0.0224. The van der Waals surface area contributed by atoms with Gasteiger partial charge in [-0.05, 0) is 48.0 Å². The molecule has 1 aromatic heterocycles. The van der Waals surface area contributed by atoms with Crippen molar-refractivity contribution in [2.45, 2.75) is 0 Å². The molecule has 38 heavy (non-hydrogen) atoms. The van der Waals surface area contributed by atoms with Crippen LogP contribution in [-0.4, -0.2) is 39.6 Å². The molecule has 0 N–H and O–H groups in total. The maximum atomic E-state index is 12.9. The number of ether oxygens (including phenoxy) is 5. The van der Waals surface area contributed by atoms with Crippen molar-refractivity contribution in [2.24, 2.45) is 0 Å². The zero-order valence-corrected chi connectivity index (χ0v) is 20.3. The molecule has 0 unspecified atom stereocenters. The summed E-state index contributed by atoms with van der Waals surface area (Å²) in [5.74, 6) is 1.90. The standard InChI is InChI=1S/C29H22N2O7/c30-17-20-3-6-24(13-22(20)18-31)37-23-4-1-19(2-5-23)25-14-21-15-27-28(16-26(21)38-29(25)32)36-12-10-34-8-7-33-9-11-35-27/h1-6,13-16H,7-12H2. The van der Waals surface area contributed by atoms with Crippen molar-refractivity contribution < 1.29 is 28.1 Å². The van der Waals surface area contributed by atoms with Gasteiger partial charge in [-0.15, -0.1) is 0 Å². The van der Waals surface area contributed by atoms with Crippen molar-refractivity contribution in [2.75, 3.05) is 39.6 Å². The van der Waals surface area contributed by atoms with E-state index in [1.807, 2.05) is 12.1 Å². The van der Waals surface area contributed by atoms with E-state index < -0.39 is 5.63 Å². The zero-order valence-electron chi connectivity index (χ0n) is 20.3. The van der Waals surface area contributed by atoms with Crippen LogP contribution < -0.4 is 19.8 Å². The van der Waals surface area contributed by atoms with Crippen LogP contribution in [-0.2, 0) is 9.47 Å². The fraction of sp³-hybridized carbons (Fsp3) is 0.207. The molecule has 0 saturated carbocycles. The highest BCUT2D eigenvalue weighted by molar-refractivity contribution is 5.85. The minimum absolute atomic E-state index is 0.233. The smallest absolute Gasteiger partial charge is 0.344 e. The van der Waals surface area contributed by atoms with E-state index in [-0.39, 0.29) is 11.1 Å². The molecule has 9 heteroatoms. The third-order valence-corrected chi connectivity index (χ3v) is 5.77. The van der Waals surface area contributed by atoms with Crippen LogP contribution in [0.25, 0.3) is 22.1 Å². The molecule has 0 fully saturated rings. The summed E-state index contributed by atoms with van der Waals surface area (Å²) in [4.78, 5) is 12.9. The molecular formula is C29H22N2O7. The maximum Gasteiger partial charge on any atom is 0.344 e. The normalized spacial score (nSPS) is 13.9. The summed E-state index contributed by atoms with van der Waals surface area (Å²) in [5.41, 5.74) is 1.40. The Balaban J connectivity index is 1.41. The van der Waals surface area contributed by atoms with E-state index in [4.69, 9.17) is 33.4 Å². The van der Waals surface area contributed by atoms with Crippen molar-refractivity contribution in [3.8, 4) is 46.3 Å². The van der Waals surface area contributed by atoms with Gasteiger partial charge in [0.15, 0.2) is 11.5 Å². The highest BCUT2D eigenvalue weighted by atomic mass is 16.6. The summed E-state index contributed by atoms with van der Waals surface area (Å²) in [6, 6.07) is 20.7. The molecule has 0 atom stereocenters. The lowest BCUT2D eigenvalue weighted by Crippen LogP contribution is -2.15. The van der Waals surface area contributed by atoms with Crippen LogP contribution >= 0.6 is 0 Å². The average Bonchev–Trinajstić information content (AvgIpc) is 2.93. The Labute approximate surface area is 217 Å². The van der Waals surface area contributed by atoms with E-state index in [0.29, 0.717) is 84.7 Å². The molecule has 3 aromatic carbocycles. The highest BCUT2D eigenvalue weighted by Gasteiger charge is 2.14. The lowest BCUT2D eigenvalue weighted by Gasteiger charge is -2.15. The van der Waals surface area contributed by atoms with E-state index in [1.54, 1.807) is 48.5 Å². The second-order valence-electron chi connectivity index (χ2n) is 8.26. The van der Waals surface area contributed by atoms with E-state index in [0.717, 1.165) is 0 Å². The van der Waals surface area contributed by atoms with Gasteiger partial charge in [-0.25, -0.2) is 4.79 Å². The van der Waals surface area contributed by atoms with Crippen molar-refractivity contribution in [3.63, 3.8) is 0 Å². The van der Waals surface area contributed by atoms with Crippen LogP contribution in [0.15, 0.2) is 69.9 Å². The van der Waals surface area contributed by atoms with Crippen LogP contribution in [0, 0.1) is 22.7 Å². The topological polar surface area (TPSA) is 124 Å². The van der Waals surface area contributed by atoms with Crippen molar-refractivity contribution in [1.82, 2.24) is 0 Å². The minimum Gasteiger partial charge on any atom is -0.487 e. The van der Waals surface area contributed by atoms with Gasteiger partial charge in [-0.1, -0.05) is 12.1 Å². The quantitative estimate of drug-likeness (QED) is 0.357. The third-order valence-electron chi connectivity index (χ3n) is 5.77. The number of fused-ring (bicyclic) bond motifs is 2. The van der Waals surface area contributed by atoms with Gasteiger partial charge in [0.25, 0.3) is 0 Å². The van der Waals surface area contributed by atoms with Crippen molar-refractivity contribution in [3.05, 3.63) is 82.2 Å². The Morgan fingerprint density at radius 1 is 0.684 bits per heavy atom. The van der Waals surface area contributed by atoms with E-state index >= 15 is 0 Å². The molecule has 1 aliphatic rings. The van der Waals surface area contributed by atoms with Crippen LogP contribution in [0.5, 0.6) is 23.0 Å². The van der Waals surface area contributed by atoms with Gasteiger partial charge in [-0.2, -0.15) is 10.5 Å². The summed E-state index contributed by atoms with van der Waals surface area (Å²) >= 11 is 0. The summed E-state index contributed by atoms with van der Waals surface area (Å²) in [6.45, 7) is 2.43. The molecular weight excluding hydrogens is 488 g/mol. The van der Waals surface area contributed by atoms with Gasteiger partial charge >= 0.3 is 5.63 Å². The first-order valence-electron chi connectivity index (χ1n) is 11.9. The predicted molar refractivity (Wildman–Crippen MR) is 136 cm³/mol. The molecule has 0 amide bonds. The number of rotatable bonds is 3. The molecule has 190 valence electrons. The molecule has 0 radical (unpaired) electrons. The fourth-order valence-electron chi connectivity index (χ4n) is 3.91. The minimum atomic E-state index is -0.498. The largest absolute Gasteiger partial charge is 0.487 e. The third kappa shape index (κ3) is 5.60. The number of hydrogen-bond acceptors (Lipinski definition) is 9. The van der Waals surface area contributed by atoms with Crippen LogP contribution in [0.3, 0.4) is 0 Å². The van der Waals surface area contributed by atoms with Crippen molar-refractivity contribution in [1.29, 1.82) is 10.5 Å². The lowest BCUT2D eigenvalue weighted by atomic mass is 10.1. The van der Waals surface area contributed by atoms with Crippen LogP contribution in [0.4, 0.5) is 0 Å². The van der Waals surface area contributed by atoms with Gasteiger partial charge in [0, 0.05) is 11.5 Å². The van der Waals surface area contributed by atoms with Gasteiger partial charge in [0.05, 0.1) is 43.1 Å². The van der Waals surface area contributed by atoms with Crippen molar-refractivity contribution >= 4 is 11.0 Å². The Bertz CT molecular complexity index is 1600. The zero-order chi connectivity index (χ0) is 26.3. The Morgan fingerprint density at radius 2 is 1.32 bits per heavy atom. The summed E-state index contributed by atoms with van der Waals surface area (Å²) in [6.07, 6.45) is 0. The summed E-state index contributed by atoms with van der Waals surface area (Å²) < 4.78 is 34.1. The van der Waals surface area contributed by atoms with E-state index in [1.165, 1.54) is 12.1 Å². The molecule has 5 rings (SSSR count). The molecule has 0 bridgehead atoms. The Kier molecular flexibility index (Phi) is 7.51. The molecule has 0 saturated heterocycles. The number of nitrogens with zero attached hydrogens (tertiary/aromatic N) is 2. The SMILES string of the molecule is N#Cc1ccc(Oc2ccc(-c3cc4cc5c(cc4oc3=O)OCCOCCOCCO5)cc2)cc1C#N. The average molecular weight is 511 g/mol. The van der Waals surface area contributed by atoms with Gasteiger partial charge in [-0.3, -0.25) is 0 Å². The van der Waals surface area contributed by atoms with Gasteiger partial charge in [0.1, 0.15) is 42.4 Å². The van der Waals surface area contributed by atoms with E-state index in [9.17, 15) is 10.1 Å². The number of nitriles is 2. The molecule has 9 nitrogen and oxygen atoms in total. The maximum absolute atomic E-state index is 12.9. The summed E-state index contributed by atoms with van der Waals surface area (Å²) in [5, 5.41) is 19.0. The Hall–Kier alpha value is -4.83. The second kappa shape index (κ2) is 11.5. The number of hydrogen-bond donors (Lipinski definition) is 0. The molecule has 2 heterocycles. The molecule has 0 aliphatic carbocycles. The first-order valence-corrected chi connectivity index (χ1v) is 11.9.